The molecule has 2 unspecified atom stereocenters. The number of esters is 1. The molecule has 4 aromatic rings. The van der Waals surface area contributed by atoms with Crippen LogP contribution in [0, 0.1) is 5.92 Å². The van der Waals surface area contributed by atoms with Gasteiger partial charge < -0.3 is 4.74 Å². The minimum absolute atomic E-state index is 0.0759. The van der Waals surface area contributed by atoms with E-state index in [1.54, 1.807) is 60.7 Å². The number of carbonyl (C=O) groups excluding carboxylic acids is 3. The molecule has 2 atom stereocenters. The molecular weight excluding hydrogens is 492 g/mol. The van der Waals surface area contributed by atoms with E-state index >= 15 is 0 Å². The molecule has 1 aromatic heterocycles. The van der Waals surface area contributed by atoms with Gasteiger partial charge in [-0.05, 0) is 42.0 Å². The molecule has 0 amide bonds. The Bertz CT molecular complexity index is 1590. The zero-order valence-electron chi connectivity index (χ0n) is 19.3. The van der Waals surface area contributed by atoms with Crippen LogP contribution in [0.25, 0.3) is 0 Å². The van der Waals surface area contributed by atoms with Crippen LogP contribution in [0.1, 0.15) is 32.2 Å². The van der Waals surface area contributed by atoms with Crippen LogP contribution >= 0.6 is 0 Å². The molecule has 1 aliphatic rings. The number of nitrogens with one attached hydrogen (secondary N) is 1. The van der Waals surface area contributed by atoms with Gasteiger partial charge in [0, 0.05) is 11.8 Å². The van der Waals surface area contributed by atoms with Crippen LogP contribution in [-0.4, -0.2) is 30.9 Å². The van der Waals surface area contributed by atoms with Crippen molar-refractivity contribution in [1.29, 1.82) is 0 Å². The summed E-state index contributed by atoms with van der Waals surface area (Å²) in [5.74, 6) is -4.08. The fraction of sp³-hybridized carbons (Fsp3) is 0.0714. The van der Waals surface area contributed by atoms with E-state index in [0.29, 0.717) is 5.56 Å². The molecular formula is C28H20N2O6S. The van der Waals surface area contributed by atoms with E-state index in [-0.39, 0.29) is 27.6 Å². The first-order valence-electron chi connectivity index (χ1n) is 11.3. The summed E-state index contributed by atoms with van der Waals surface area (Å²) in [4.78, 5) is 44.0. The van der Waals surface area contributed by atoms with E-state index in [1.165, 1.54) is 42.6 Å². The Balaban J connectivity index is 1.49. The third-order valence-corrected chi connectivity index (χ3v) is 7.40. The van der Waals surface area contributed by atoms with Gasteiger partial charge in [-0.2, -0.15) is 0 Å². The third kappa shape index (κ3) is 4.76. The number of anilines is 1. The summed E-state index contributed by atoms with van der Waals surface area (Å²) in [6.07, 6.45) is 1.46. The first-order valence-corrected chi connectivity index (χ1v) is 12.8. The van der Waals surface area contributed by atoms with E-state index in [4.69, 9.17) is 4.74 Å². The molecule has 0 aliphatic carbocycles. The maximum atomic E-state index is 13.8. The molecule has 3 aromatic carbocycles. The molecule has 184 valence electrons. The number of aromatic nitrogens is 1. The summed E-state index contributed by atoms with van der Waals surface area (Å²) in [5.41, 5.74) is 0.837. The number of fused-ring (bicyclic) bond motifs is 1. The Kier molecular flexibility index (Phi) is 6.37. The highest BCUT2D eigenvalue weighted by atomic mass is 32.2. The van der Waals surface area contributed by atoms with Gasteiger partial charge in [0.1, 0.15) is 17.5 Å². The van der Waals surface area contributed by atoms with Gasteiger partial charge in [0.25, 0.3) is 10.0 Å². The van der Waals surface area contributed by atoms with Gasteiger partial charge in [-0.3, -0.25) is 19.1 Å². The van der Waals surface area contributed by atoms with Crippen molar-refractivity contribution in [2.24, 2.45) is 5.92 Å². The lowest BCUT2D eigenvalue weighted by Crippen LogP contribution is -2.40. The van der Waals surface area contributed by atoms with Crippen molar-refractivity contribution >= 4 is 33.4 Å². The van der Waals surface area contributed by atoms with Crippen LogP contribution in [0.3, 0.4) is 0 Å². The molecule has 0 spiro atoms. The molecule has 0 fully saturated rings. The second-order valence-corrected chi connectivity index (χ2v) is 10.0. The van der Waals surface area contributed by atoms with Gasteiger partial charge in [-0.25, -0.2) is 13.4 Å². The van der Waals surface area contributed by atoms with Gasteiger partial charge in [0.15, 0.2) is 11.6 Å². The molecule has 9 heteroatoms. The number of hydrogen-bond acceptors (Lipinski definition) is 7. The summed E-state index contributed by atoms with van der Waals surface area (Å²) < 4.78 is 33.3. The van der Waals surface area contributed by atoms with E-state index in [2.05, 4.69) is 9.71 Å². The maximum absolute atomic E-state index is 13.8. The average Bonchev–Trinajstić information content (AvgIpc) is 2.91. The summed E-state index contributed by atoms with van der Waals surface area (Å²) in [5, 5.41) is 0. The maximum Gasteiger partial charge on any atom is 0.323 e. The second kappa shape index (κ2) is 9.79. The molecule has 2 heterocycles. The van der Waals surface area contributed by atoms with Crippen molar-refractivity contribution in [3.63, 3.8) is 0 Å². The van der Waals surface area contributed by atoms with Gasteiger partial charge >= 0.3 is 5.97 Å². The van der Waals surface area contributed by atoms with Crippen LogP contribution in [0.2, 0.25) is 0 Å². The number of Topliss-reactive ketones (excluding diaryl/α,β-unsaturated/α-hetero) is 2. The summed E-state index contributed by atoms with van der Waals surface area (Å²) in [6, 6.07) is 25.0. The number of carbonyl (C=O) groups is 3. The smallest absolute Gasteiger partial charge is 0.323 e. The lowest BCUT2D eigenvalue weighted by Gasteiger charge is -2.28. The number of para-hydroxylation sites is 1. The zero-order chi connectivity index (χ0) is 26.0. The van der Waals surface area contributed by atoms with E-state index in [0.717, 1.165) is 0 Å². The summed E-state index contributed by atoms with van der Waals surface area (Å²) >= 11 is 0. The molecule has 1 aliphatic heterocycles. The lowest BCUT2D eigenvalue weighted by atomic mass is 9.76. The topological polar surface area (TPSA) is 120 Å². The van der Waals surface area contributed by atoms with Crippen molar-refractivity contribution < 1.29 is 27.5 Å². The summed E-state index contributed by atoms with van der Waals surface area (Å²) in [7, 11) is -3.95. The summed E-state index contributed by atoms with van der Waals surface area (Å²) in [6.45, 7) is 0. The highest BCUT2D eigenvalue weighted by Crippen LogP contribution is 2.37. The van der Waals surface area contributed by atoms with E-state index < -0.39 is 39.4 Å². The molecule has 0 saturated heterocycles. The van der Waals surface area contributed by atoms with Crippen molar-refractivity contribution in [2.75, 3.05) is 4.72 Å². The van der Waals surface area contributed by atoms with Crippen molar-refractivity contribution in [1.82, 2.24) is 4.98 Å². The number of benzene rings is 3. The number of hydrogen-bond donors (Lipinski definition) is 1. The Morgan fingerprint density at radius 2 is 1.51 bits per heavy atom. The van der Waals surface area contributed by atoms with E-state index in [1.807, 2.05) is 0 Å². The Morgan fingerprint density at radius 3 is 2.22 bits per heavy atom. The predicted molar refractivity (Wildman–Crippen MR) is 135 cm³/mol. The molecule has 8 nitrogen and oxygen atoms in total. The highest BCUT2D eigenvalue weighted by Gasteiger charge is 2.45. The Morgan fingerprint density at radius 1 is 0.838 bits per heavy atom. The quantitative estimate of drug-likeness (QED) is 0.170. The number of nitrogens with zero attached hydrogens (tertiary/aromatic N) is 1. The normalized spacial score (nSPS) is 15.8. The SMILES string of the molecule is O=C1Oc2ccccc2C(=O)C1C(C(=O)c1ccc(S(=O)(=O)Nc2ccccn2)cc1)c1ccccc1. The van der Waals surface area contributed by atoms with Crippen molar-refractivity contribution in [2.45, 2.75) is 10.8 Å². The number of pyridine rings is 1. The Hall–Kier alpha value is -4.63. The van der Waals surface area contributed by atoms with Crippen LogP contribution in [0.4, 0.5) is 5.82 Å². The standard InChI is InChI=1S/C28H20N2O6S/c31-26(19-13-15-20(16-14-19)37(34,35)30-23-12-6-7-17-29-23)24(18-8-2-1-3-9-18)25-27(32)21-10-4-5-11-22(21)36-28(25)33/h1-17,24-25H,(H,29,30). The van der Waals surface area contributed by atoms with Gasteiger partial charge in [0.05, 0.1) is 16.4 Å². The van der Waals surface area contributed by atoms with Crippen molar-refractivity contribution in [3.8, 4) is 5.75 Å². The van der Waals surface area contributed by atoms with E-state index in [9.17, 15) is 22.8 Å². The molecule has 0 saturated carbocycles. The largest absolute Gasteiger partial charge is 0.425 e. The minimum atomic E-state index is -3.95. The fourth-order valence-corrected chi connectivity index (χ4v) is 5.25. The average molecular weight is 513 g/mol. The first-order chi connectivity index (χ1) is 17.8. The first kappa shape index (κ1) is 24.1. The monoisotopic (exact) mass is 512 g/mol. The number of sulfonamides is 1. The highest BCUT2D eigenvalue weighted by molar-refractivity contribution is 7.92. The van der Waals surface area contributed by atoms with Crippen LogP contribution in [0.5, 0.6) is 5.75 Å². The van der Waals surface area contributed by atoms with Crippen molar-refractivity contribution in [3.05, 3.63) is 120 Å². The van der Waals surface area contributed by atoms with Crippen LogP contribution < -0.4 is 9.46 Å². The van der Waals surface area contributed by atoms with Gasteiger partial charge in [0.2, 0.25) is 0 Å². The molecule has 37 heavy (non-hydrogen) atoms. The predicted octanol–water partition coefficient (Wildman–Crippen LogP) is 4.27. The van der Waals surface area contributed by atoms with Gasteiger partial charge in [-0.15, -0.1) is 0 Å². The molecule has 0 radical (unpaired) electrons. The lowest BCUT2D eigenvalue weighted by molar-refractivity contribution is -0.138. The number of rotatable bonds is 7. The van der Waals surface area contributed by atoms with Gasteiger partial charge in [-0.1, -0.05) is 60.7 Å². The molecule has 5 rings (SSSR count). The minimum Gasteiger partial charge on any atom is -0.425 e. The number of ether oxygens (including phenoxy) is 1. The Labute approximate surface area is 213 Å². The van der Waals surface area contributed by atoms with Crippen LogP contribution in [0.15, 0.2) is 108 Å². The third-order valence-electron chi connectivity index (χ3n) is 6.03. The number of ketones is 2. The molecule has 1 N–H and O–H groups in total. The fourth-order valence-electron chi connectivity index (χ4n) is 4.25. The second-order valence-electron chi connectivity index (χ2n) is 8.36. The zero-order valence-corrected chi connectivity index (χ0v) is 20.1. The van der Waals surface area contributed by atoms with Crippen LogP contribution in [-0.2, 0) is 14.8 Å². The molecule has 0 bridgehead atoms.